The maximum atomic E-state index is 11.3. The lowest BCUT2D eigenvalue weighted by atomic mass is 10.1. The third kappa shape index (κ3) is 1.82. The van der Waals surface area contributed by atoms with E-state index in [4.69, 9.17) is 0 Å². The Labute approximate surface area is 114 Å². The highest BCUT2D eigenvalue weighted by Crippen LogP contribution is 2.22. The monoisotopic (exact) mass is 268 g/mol. The van der Waals surface area contributed by atoms with Crippen LogP contribution in [0.3, 0.4) is 0 Å². The molecule has 2 aromatic heterocycles. The second-order valence-corrected chi connectivity index (χ2v) is 4.61. The van der Waals surface area contributed by atoms with E-state index in [1.54, 1.807) is 10.9 Å². The summed E-state index contributed by atoms with van der Waals surface area (Å²) in [5, 5.41) is 16.9. The van der Waals surface area contributed by atoms with Gasteiger partial charge in [0.25, 0.3) is 0 Å². The summed E-state index contributed by atoms with van der Waals surface area (Å²) in [6.45, 7) is 4.01. The van der Waals surface area contributed by atoms with Crippen molar-refractivity contribution >= 4 is 17.0 Å². The largest absolute Gasteiger partial charge is 0.478 e. The summed E-state index contributed by atoms with van der Waals surface area (Å²) in [5.74, 6) is -0.772. The van der Waals surface area contributed by atoms with Gasteiger partial charge in [0.2, 0.25) is 0 Å². The summed E-state index contributed by atoms with van der Waals surface area (Å²) in [4.78, 5) is 15.6. The predicted molar refractivity (Wildman–Crippen MR) is 73.1 cm³/mol. The van der Waals surface area contributed by atoms with Crippen molar-refractivity contribution in [3.63, 3.8) is 0 Å². The number of fused-ring (bicyclic) bond motifs is 1. The molecule has 0 atom stereocenters. The third-order valence-electron chi connectivity index (χ3n) is 3.32. The Morgan fingerprint density at radius 2 is 2.00 bits per heavy atom. The van der Waals surface area contributed by atoms with E-state index < -0.39 is 5.97 Å². The topological polar surface area (TPSA) is 80.9 Å². The number of nitrogens with zero attached hydrogens (tertiary/aromatic N) is 4. The fraction of sp³-hybridized carbons (Fsp3) is 0.143. The number of hydrogen-bond acceptors (Lipinski definition) is 4. The number of aryl methyl sites for hydroxylation is 2. The van der Waals surface area contributed by atoms with Crippen LogP contribution in [0.4, 0.5) is 0 Å². The SMILES string of the molecule is Cc1cc2ncn(-c3nnccc3C(=O)O)c2cc1C. The Morgan fingerprint density at radius 1 is 1.25 bits per heavy atom. The highest BCUT2D eigenvalue weighted by Gasteiger charge is 2.15. The van der Waals surface area contributed by atoms with Crippen LogP contribution in [-0.2, 0) is 0 Å². The quantitative estimate of drug-likeness (QED) is 0.770. The zero-order chi connectivity index (χ0) is 14.3. The lowest BCUT2D eigenvalue weighted by Crippen LogP contribution is -2.08. The molecule has 0 spiro atoms. The van der Waals surface area contributed by atoms with Gasteiger partial charge in [-0.3, -0.25) is 4.57 Å². The van der Waals surface area contributed by atoms with Crippen molar-refractivity contribution in [1.82, 2.24) is 19.7 Å². The number of imidazole rings is 1. The van der Waals surface area contributed by atoms with Gasteiger partial charge in [-0.25, -0.2) is 9.78 Å². The molecule has 0 saturated heterocycles. The number of aromatic nitrogens is 4. The van der Waals surface area contributed by atoms with E-state index >= 15 is 0 Å². The Hall–Kier alpha value is -2.76. The maximum Gasteiger partial charge on any atom is 0.339 e. The molecule has 1 aromatic carbocycles. The van der Waals surface area contributed by atoms with E-state index in [1.165, 1.54) is 12.3 Å². The molecule has 0 aliphatic rings. The summed E-state index contributed by atoms with van der Waals surface area (Å²) in [5.41, 5.74) is 3.96. The van der Waals surface area contributed by atoms with Crippen LogP contribution in [0.5, 0.6) is 0 Å². The van der Waals surface area contributed by atoms with Gasteiger partial charge in [-0.2, -0.15) is 5.10 Å². The van der Waals surface area contributed by atoms with Crippen LogP contribution < -0.4 is 0 Å². The number of aromatic carboxylic acids is 1. The summed E-state index contributed by atoms with van der Waals surface area (Å²) in [7, 11) is 0. The van der Waals surface area contributed by atoms with Gasteiger partial charge in [0.1, 0.15) is 11.9 Å². The molecule has 6 heteroatoms. The van der Waals surface area contributed by atoms with Crippen LogP contribution in [0, 0.1) is 13.8 Å². The molecular formula is C14H12N4O2. The second-order valence-electron chi connectivity index (χ2n) is 4.61. The van der Waals surface area contributed by atoms with Crippen molar-refractivity contribution in [2.75, 3.05) is 0 Å². The summed E-state index contributed by atoms with van der Waals surface area (Å²) in [6.07, 6.45) is 2.93. The molecule has 3 rings (SSSR count). The molecule has 0 aliphatic heterocycles. The van der Waals surface area contributed by atoms with E-state index in [-0.39, 0.29) is 11.4 Å². The number of rotatable bonds is 2. The van der Waals surface area contributed by atoms with E-state index in [9.17, 15) is 9.90 Å². The van der Waals surface area contributed by atoms with E-state index in [0.29, 0.717) is 0 Å². The highest BCUT2D eigenvalue weighted by molar-refractivity contribution is 5.92. The standard InChI is InChI=1S/C14H12N4O2/c1-8-5-11-12(6-9(8)2)18(7-15-11)13-10(14(19)20)3-4-16-17-13/h3-7H,1-2H3,(H,19,20). The van der Waals surface area contributed by atoms with Crippen LogP contribution in [0.25, 0.3) is 16.9 Å². The van der Waals surface area contributed by atoms with Crippen molar-refractivity contribution < 1.29 is 9.90 Å². The summed E-state index contributed by atoms with van der Waals surface area (Å²) < 4.78 is 1.65. The molecule has 3 aromatic rings. The number of carboxylic acid groups (broad SMARTS) is 1. The minimum Gasteiger partial charge on any atom is -0.478 e. The molecule has 0 aliphatic carbocycles. The first-order valence-corrected chi connectivity index (χ1v) is 6.07. The first kappa shape index (κ1) is 12.3. The second kappa shape index (κ2) is 4.41. The van der Waals surface area contributed by atoms with Gasteiger partial charge in [-0.1, -0.05) is 0 Å². The third-order valence-corrected chi connectivity index (χ3v) is 3.32. The maximum absolute atomic E-state index is 11.3. The smallest absolute Gasteiger partial charge is 0.339 e. The van der Waals surface area contributed by atoms with Gasteiger partial charge in [0.05, 0.1) is 17.2 Å². The molecule has 0 amide bonds. The van der Waals surface area contributed by atoms with Crippen LogP contribution in [0.1, 0.15) is 21.5 Å². The molecule has 1 N–H and O–H groups in total. The molecule has 20 heavy (non-hydrogen) atoms. The van der Waals surface area contributed by atoms with Gasteiger partial charge >= 0.3 is 5.97 Å². The van der Waals surface area contributed by atoms with E-state index in [1.807, 2.05) is 26.0 Å². The lowest BCUT2D eigenvalue weighted by molar-refractivity contribution is 0.0696. The van der Waals surface area contributed by atoms with Crippen molar-refractivity contribution in [3.8, 4) is 5.82 Å². The lowest BCUT2D eigenvalue weighted by Gasteiger charge is -2.07. The normalized spacial score (nSPS) is 10.9. The Kier molecular flexibility index (Phi) is 2.71. The molecule has 0 bridgehead atoms. The Morgan fingerprint density at radius 3 is 2.75 bits per heavy atom. The molecule has 6 nitrogen and oxygen atoms in total. The van der Waals surface area contributed by atoms with E-state index in [2.05, 4.69) is 15.2 Å². The van der Waals surface area contributed by atoms with Gasteiger partial charge in [0, 0.05) is 0 Å². The van der Waals surface area contributed by atoms with Gasteiger partial charge in [-0.15, -0.1) is 5.10 Å². The molecular weight excluding hydrogens is 256 g/mol. The van der Waals surface area contributed by atoms with Gasteiger partial charge in [-0.05, 0) is 43.2 Å². The molecule has 0 saturated carbocycles. The minimum atomic E-state index is -1.04. The van der Waals surface area contributed by atoms with Crippen LogP contribution in [-0.4, -0.2) is 30.8 Å². The molecule has 100 valence electrons. The molecule has 0 fully saturated rings. The Balaban J connectivity index is 2.31. The summed E-state index contributed by atoms with van der Waals surface area (Å²) in [6, 6.07) is 5.37. The zero-order valence-corrected chi connectivity index (χ0v) is 11.0. The van der Waals surface area contributed by atoms with Gasteiger partial charge < -0.3 is 5.11 Å². The van der Waals surface area contributed by atoms with Gasteiger partial charge in [0.15, 0.2) is 5.82 Å². The van der Waals surface area contributed by atoms with Crippen molar-refractivity contribution in [2.45, 2.75) is 13.8 Å². The first-order chi connectivity index (χ1) is 9.58. The molecule has 0 unspecified atom stereocenters. The average molecular weight is 268 g/mol. The van der Waals surface area contributed by atoms with Crippen LogP contribution in [0.15, 0.2) is 30.7 Å². The van der Waals surface area contributed by atoms with Crippen molar-refractivity contribution in [2.24, 2.45) is 0 Å². The minimum absolute atomic E-state index is 0.0949. The Bertz CT molecular complexity index is 823. The zero-order valence-electron chi connectivity index (χ0n) is 11.0. The van der Waals surface area contributed by atoms with Crippen LogP contribution >= 0.6 is 0 Å². The average Bonchev–Trinajstić information content (AvgIpc) is 2.82. The molecule has 0 radical (unpaired) electrons. The summed E-state index contributed by atoms with van der Waals surface area (Å²) >= 11 is 0. The van der Waals surface area contributed by atoms with E-state index in [0.717, 1.165) is 22.2 Å². The molecule has 2 heterocycles. The fourth-order valence-corrected chi connectivity index (χ4v) is 2.10. The van der Waals surface area contributed by atoms with Crippen molar-refractivity contribution in [1.29, 1.82) is 0 Å². The highest BCUT2D eigenvalue weighted by atomic mass is 16.4. The van der Waals surface area contributed by atoms with Crippen LogP contribution in [0.2, 0.25) is 0 Å². The fourth-order valence-electron chi connectivity index (χ4n) is 2.10. The number of hydrogen-bond donors (Lipinski definition) is 1. The number of carbonyl (C=O) groups is 1. The predicted octanol–water partition coefficient (Wildman–Crippen LogP) is 2.13. The first-order valence-electron chi connectivity index (χ1n) is 6.07. The van der Waals surface area contributed by atoms with Crippen molar-refractivity contribution in [3.05, 3.63) is 47.4 Å². The number of benzene rings is 1. The number of carboxylic acids is 1.